The van der Waals surface area contributed by atoms with Crippen LogP contribution in [0.2, 0.25) is 5.02 Å². The van der Waals surface area contributed by atoms with Crippen LogP contribution in [0.3, 0.4) is 0 Å². The van der Waals surface area contributed by atoms with Crippen LogP contribution in [0.4, 0.5) is 0 Å². The van der Waals surface area contributed by atoms with Crippen LogP contribution in [0, 0.1) is 11.3 Å². The Balaban J connectivity index is 2.70. The highest BCUT2D eigenvalue weighted by molar-refractivity contribution is 6.32. The van der Waals surface area contributed by atoms with Crippen molar-refractivity contribution in [3.05, 3.63) is 28.8 Å². The summed E-state index contributed by atoms with van der Waals surface area (Å²) in [6.45, 7) is 2.45. The second-order valence-electron chi connectivity index (χ2n) is 4.02. The average molecular weight is 253 g/mol. The second-order valence-corrected chi connectivity index (χ2v) is 4.43. The molecule has 0 aliphatic heterocycles. The van der Waals surface area contributed by atoms with Gasteiger partial charge < -0.3 is 10.5 Å². The third-order valence-electron chi connectivity index (χ3n) is 2.27. The highest BCUT2D eigenvalue weighted by atomic mass is 35.5. The Labute approximate surface area is 107 Å². The van der Waals surface area contributed by atoms with E-state index < -0.39 is 0 Å². The van der Waals surface area contributed by atoms with Crippen LogP contribution < -0.4 is 10.5 Å². The molecule has 0 amide bonds. The second kappa shape index (κ2) is 7.16. The Bertz CT molecular complexity index is 399. The summed E-state index contributed by atoms with van der Waals surface area (Å²) in [6, 6.07) is 7.80. The van der Waals surface area contributed by atoms with E-state index in [0.29, 0.717) is 30.2 Å². The molecular weight excluding hydrogens is 236 g/mol. The van der Waals surface area contributed by atoms with Crippen LogP contribution in [0.15, 0.2) is 18.2 Å². The fraction of sp³-hybridized carbons (Fsp3) is 0.462. The van der Waals surface area contributed by atoms with Crippen LogP contribution in [0.1, 0.15) is 25.3 Å². The fourth-order valence-corrected chi connectivity index (χ4v) is 1.80. The molecule has 1 rings (SSSR count). The molecule has 0 heterocycles. The molecule has 0 saturated carbocycles. The highest BCUT2D eigenvalue weighted by Crippen LogP contribution is 2.29. The van der Waals surface area contributed by atoms with E-state index in [9.17, 15) is 0 Å². The number of ether oxygens (including phenoxy) is 1. The van der Waals surface area contributed by atoms with Crippen molar-refractivity contribution < 1.29 is 4.74 Å². The minimum atomic E-state index is 0.0647. The number of rotatable bonds is 6. The quantitative estimate of drug-likeness (QED) is 0.792. The van der Waals surface area contributed by atoms with E-state index in [1.807, 2.05) is 19.1 Å². The number of nitrogens with zero attached hydrogens (tertiary/aromatic N) is 1. The van der Waals surface area contributed by atoms with Crippen molar-refractivity contribution in [3.63, 3.8) is 0 Å². The lowest BCUT2D eigenvalue weighted by Gasteiger charge is -2.14. The van der Waals surface area contributed by atoms with Crippen LogP contribution in [-0.4, -0.2) is 12.6 Å². The van der Waals surface area contributed by atoms with E-state index in [0.717, 1.165) is 12.0 Å². The summed E-state index contributed by atoms with van der Waals surface area (Å²) in [4.78, 5) is 0. The van der Waals surface area contributed by atoms with E-state index in [4.69, 9.17) is 27.3 Å². The van der Waals surface area contributed by atoms with Crippen molar-refractivity contribution in [3.8, 4) is 11.8 Å². The zero-order chi connectivity index (χ0) is 12.7. The standard InChI is InChI=1S/C13H17ClN2O/c1-10(16)9-11-5-4-6-12(14)13(11)17-8-3-2-7-15/h4-6,10H,2-3,8-9,16H2,1H3. The van der Waals surface area contributed by atoms with Gasteiger partial charge in [-0.15, -0.1) is 0 Å². The van der Waals surface area contributed by atoms with E-state index in [-0.39, 0.29) is 6.04 Å². The first-order valence-corrected chi connectivity index (χ1v) is 6.05. The fourth-order valence-electron chi connectivity index (χ4n) is 1.55. The van der Waals surface area contributed by atoms with Gasteiger partial charge >= 0.3 is 0 Å². The zero-order valence-electron chi connectivity index (χ0n) is 9.95. The monoisotopic (exact) mass is 252 g/mol. The minimum Gasteiger partial charge on any atom is -0.492 e. The van der Waals surface area contributed by atoms with E-state index in [2.05, 4.69) is 6.07 Å². The third-order valence-corrected chi connectivity index (χ3v) is 2.57. The lowest BCUT2D eigenvalue weighted by molar-refractivity contribution is 0.309. The van der Waals surface area contributed by atoms with Crippen LogP contribution in [-0.2, 0) is 6.42 Å². The molecule has 0 aliphatic carbocycles. The van der Waals surface area contributed by atoms with Crippen LogP contribution >= 0.6 is 11.6 Å². The highest BCUT2D eigenvalue weighted by Gasteiger charge is 2.09. The number of nitrogens with two attached hydrogens (primary N) is 1. The van der Waals surface area contributed by atoms with Gasteiger partial charge in [0.2, 0.25) is 0 Å². The predicted molar refractivity (Wildman–Crippen MR) is 69.1 cm³/mol. The van der Waals surface area contributed by atoms with Crippen molar-refractivity contribution in [2.24, 2.45) is 5.73 Å². The molecule has 3 nitrogen and oxygen atoms in total. The topological polar surface area (TPSA) is 59.0 Å². The predicted octanol–water partition coefficient (Wildman–Crippen LogP) is 2.91. The normalized spacial score (nSPS) is 11.9. The Morgan fingerprint density at radius 3 is 2.94 bits per heavy atom. The van der Waals surface area contributed by atoms with Gasteiger partial charge in [0.15, 0.2) is 0 Å². The number of halogens is 1. The van der Waals surface area contributed by atoms with Gasteiger partial charge in [-0.1, -0.05) is 23.7 Å². The molecule has 17 heavy (non-hydrogen) atoms. The Morgan fingerprint density at radius 2 is 2.29 bits per heavy atom. The van der Waals surface area contributed by atoms with Crippen molar-refractivity contribution in [1.82, 2.24) is 0 Å². The minimum absolute atomic E-state index is 0.0647. The molecule has 0 fully saturated rings. The summed E-state index contributed by atoms with van der Waals surface area (Å²) in [5.41, 5.74) is 6.80. The summed E-state index contributed by atoms with van der Waals surface area (Å²) in [6.07, 6.45) is 1.93. The first-order chi connectivity index (χ1) is 8.15. The Kier molecular flexibility index (Phi) is 5.82. The smallest absolute Gasteiger partial charge is 0.141 e. The van der Waals surface area contributed by atoms with E-state index >= 15 is 0 Å². The molecule has 0 saturated heterocycles. The van der Waals surface area contributed by atoms with E-state index in [1.54, 1.807) is 6.07 Å². The first kappa shape index (κ1) is 13.8. The van der Waals surface area contributed by atoms with Crippen LogP contribution in [0.25, 0.3) is 0 Å². The van der Waals surface area contributed by atoms with Crippen molar-refractivity contribution in [2.45, 2.75) is 32.2 Å². The maximum Gasteiger partial charge on any atom is 0.141 e. The van der Waals surface area contributed by atoms with Gasteiger partial charge in [-0.25, -0.2) is 0 Å². The molecule has 1 aromatic carbocycles. The van der Waals surface area contributed by atoms with Crippen LogP contribution in [0.5, 0.6) is 5.75 Å². The van der Waals surface area contributed by atoms with Crippen molar-refractivity contribution >= 4 is 11.6 Å². The van der Waals surface area contributed by atoms with Gasteiger partial charge in [0, 0.05) is 12.5 Å². The molecule has 0 radical (unpaired) electrons. The molecule has 4 heteroatoms. The zero-order valence-corrected chi connectivity index (χ0v) is 10.7. The molecule has 1 aromatic rings. The van der Waals surface area contributed by atoms with Gasteiger partial charge in [0.05, 0.1) is 17.7 Å². The van der Waals surface area contributed by atoms with E-state index in [1.165, 1.54) is 0 Å². The number of unbranched alkanes of at least 4 members (excludes halogenated alkanes) is 1. The first-order valence-electron chi connectivity index (χ1n) is 5.68. The van der Waals surface area contributed by atoms with Gasteiger partial charge in [0.25, 0.3) is 0 Å². The van der Waals surface area contributed by atoms with Gasteiger partial charge in [-0.05, 0) is 31.4 Å². The molecule has 0 bridgehead atoms. The maximum atomic E-state index is 8.44. The molecule has 0 aliphatic rings. The Morgan fingerprint density at radius 1 is 1.53 bits per heavy atom. The summed E-state index contributed by atoms with van der Waals surface area (Å²) < 4.78 is 5.63. The average Bonchev–Trinajstić information content (AvgIpc) is 2.26. The largest absolute Gasteiger partial charge is 0.492 e. The van der Waals surface area contributed by atoms with Gasteiger partial charge in [-0.2, -0.15) is 5.26 Å². The van der Waals surface area contributed by atoms with Gasteiger partial charge in [0.1, 0.15) is 5.75 Å². The number of nitriles is 1. The lowest BCUT2D eigenvalue weighted by Crippen LogP contribution is -2.18. The summed E-state index contributed by atoms with van der Waals surface area (Å²) in [5.74, 6) is 0.699. The summed E-state index contributed by atoms with van der Waals surface area (Å²) >= 11 is 6.09. The molecule has 1 unspecified atom stereocenters. The summed E-state index contributed by atoms with van der Waals surface area (Å²) in [7, 11) is 0. The number of benzene rings is 1. The van der Waals surface area contributed by atoms with Crippen molar-refractivity contribution in [2.75, 3.05) is 6.61 Å². The van der Waals surface area contributed by atoms with Gasteiger partial charge in [-0.3, -0.25) is 0 Å². The van der Waals surface area contributed by atoms with Crippen molar-refractivity contribution in [1.29, 1.82) is 5.26 Å². The SMILES string of the molecule is CC(N)Cc1cccc(Cl)c1OCCCC#N. The maximum absolute atomic E-state index is 8.44. The number of hydrogen-bond acceptors (Lipinski definition) is 3. The molecular formula is C13H17ClN2O. The molecule has 0 aromatic heterocycles. The Hall–Kier alpha value is -1.24. The molecule has 92 valence electrons. The molecule has 0 spiro atoms. The third kappa shape index (κ3) is 4.64. The lowest BCUT2D eigenvalue weighted by atomic mass is 10.1. The molecule has 1 atom stereocenters. The molecule has 2 N–H and O–H groups in total. The number of para-hydroxylation sites is 1. The summed E-state index contributed by atoms with van der Waals surface area (Å²) in [5, 5.41) is 9.04. The number of hydrogen-bond donors (Lipinski definition) is 1.